The molecule has 0 fully saturated rings. The largest absolute Gasteiger partial charge is 0.445 e. The van der Waals surface area contributed by atoms with Gasteiger partial charge in [-0.05, 0) is 23.3 Å². The fourth-order valence-corrected chi connectivity index (χ4v) is 1.89. The molecule has 2 aromatic carbocycles. The van der Waals surface area contributed by atoms with E-state index in [0.29, 0.717) is 5.88 Å². The molecular weight excluding hydrogens is 298 g/mol. The molecule has 0 saturated carbocycles. The number of hydrogen-bond acceptors (Lipinski definition) is 2. The lowest BCUT2D eigenvalue weighted by Crippen LogP contribution is -2.24. The Morgan fingerprint density at radius 3 is 2.45 bits per heavy atom. The molecule has 0 saturated heterocycles. The second kappa shape index (κ2) is 8.76. The zero-order valence-electron chi connectivity index (χ0n) is 12.0. The third-order valence-corrected chi connectivity index (χ3v) is 3.18. The van der Waals surface area contributed by atoms with Crippen molar-refractivity contribution in [1.82, 2.24) is 5.32 Å². The molecule has 4 heteroatoms. The van der Waals surface area contributed by atoms with E-state index in [-0.39, 0.29) is 13.2 Å². The van der Waals surface area contributed by atoms with Crippen LogP contribution in [0.3, 0.4) is 0 Å². The van der Waals surface area contributed by atoms with Crippen LogP contribution in [0.2, 0.25) is 0 Å². The molecule has 0 bridgehead atoms. The molecular formula is C18H16ClNO2. The van der Waals surface area contributed by atoms with Gasteiger partial charge in [-0.1, -0.05) is 54.3 Å². The number of carbonyl (C=O) groups is 1. The monoisotopic (exact) mass is 313 g/mol. The average molecular weight is 314 g/mol. The number of rotatable bonds is 4. The van der Waals surface area contributed by atoms with Gasteiger partial charge in [0.05, 0.1) is 6.54 Å². The topological polar surface area (TPSA) is 38.3 Å². The first kappa shape index (κ1) is 15.9. The molecule has 0 aliphatic rings. The first-order chi connectivity index (χ1) is 10.8. The molecule has 3 nitrogen and oxygen atoms in total. The standard InChI is InChI=1S/C18H16ClNO2/c19-13-16-10-8-15(9-11-16)7-4-12-20-18(21)22-14-17-5-2-1-3-6-17/h1-3,5-6,8-11H,12-14H2,(H,20,21). The SMILES string of the molecule is O=C(NCC#Cc1ccc(CCl)cc1)OCc1ccccc1. The lowest BCUT2D eigenvalue weighted by molar-refractivity contribution is 0.141. The zero-order valence-corrected chi connectivity index (χ0v) is 12.8. The van der Waals surface area contributed by atoms with Gasteiger partial charge in [-0.15, -0.1) is 11.6 Å². The van der Waals surface area contributed by atoms with E-state index in [0.717, 1.165) is 16.7 Å². The highest BCUT2D eigenvalue weighted by Crippen LogP contribution is 2.05. The summed E-state index contributed by atoms with van der Waals surface area (Å²) in [5.41, 5.74) is 2.88. The van der Waals surface area contributed by atoms with Gasteiger partial charge in [0.15, 0.2) is 0 Å². The summed E-state index contributed by atoms with van der Waals surface area (Å²) in [6.07, 6.45) is -0.476. The minimum atomic E-state index is -0.476. The van der Waals surface area contributed by atoms with Crippen LogP contribution in [0.25, 0.3) is 0 Å². The maximum Gasteiger partial charge on any atom is 0.408 e. The summed E-state index contributed by atoms with van der Waals surface area (Å²) in [7, 11) is 0. The Bertz CT molecular complexity index is 657. The van der Waals surface area contributed by atoms with E-state index >= 15 is 0 Å². The number of ether oxygens (including phenoxy) is 1. The van der Waals surface area contributed by atoms with E-state index in [1.807, 2.05) is 54.6 Å². The van der Waals surface area contributed by atoms with Crippen molar-refractivity contribution in [2.75, 3.05) is 6.54 Å². The van der Waals surface area contributed by atoms with Crippen molar-refractivity contribution < 1.29 is 9.53 Å². The predicted octanol–water partition coefficient (Wildman–Crippen LogP) is 3.70. The minimum absolute atomic E-state index is 0.241. The molecule has 2 rings (SSSR count). The Labute approximate surface area is 135 Å². The molecule has 0 heterocycles. The number of halogens is 1. The van der Waals surface area contributed by atoms with Gasteiger partial charge >= 0.3 is 6.09 Å². The highest BCUT2D eigenvalue weighted by Gasteiger charge is 2.00. The van der Waals surface area contributed by atoms with Crippen molar-refractivity contribution >= 4 is 17.7 Å². The summed E-state index contributed by atoms with van der Waals surface area (Å²) in [5, 5.41) is 2.59. The molecule has 0 atom stereocenters. The summed E-state index contributed by atoms with van der Waals surface area (Å²) in [5.74, 6) is 6.32. The Balaban J connectivity index is 1.71. The Morgan fingerprint density at radius 1 is 1.05 bits per heavy atom. The lowest BCUT2D eigenvalue weighted by Gasteiger charge is -2.04. The Kier molecular flexibility index (Phi) is 6.35. The van der Waals surface area contributed by atoms with Crippen LogP contribution in [0.1, 0.15) is 16.7 Å². The predicted molar refractivity (Wildman–Crippen MR) is 87.5 cm³/mol. The number of benzene rings is 2. The van der Waals surface area contributed by atoms with Gasteiger partial charge in [-0.25, -0.2) is 4.79 Å². The quantitative estimate of drug-likeness (QED) is 0.690. The van der Waals surface area contributed by atoms with Gasteiger partial charge in [-0.2, -0.15) is 0 Å². The second-order valence-corrected chi connectivity index (χ2v) is 4.81. The molecule has 0 unspecified atom stereocenters. The lowest BCUT2D eigenvalue weighted by atomic mass is 10.1. The van der Waals surface area contributed by atoms with Crippen molar-refractivity contribution in [1.29, 1.82) is 0 Å². The van der Waals surface area contributed by atoms with Gasteiger partial charge in [0.25, 0.3) is 0 Å². The van der Waals surface area contributed by atoms with E-state index in [9.17, 15) is 4.79 Å². The molecule has 22 heavy (non-hydrogen) atoms. The van der Waals surface area contributed by atoms with Crippen molar-refractivity contribution in [3.05, 3.63) is 71.3 Å². The van der Waals surface area contributed by atoms with Crippen molar-refractivity contribution in [2.24, 2.45) is 0 Å². The molecule has 0 spiro atoms. The van der Waals surface area contributed by atoms with Crippen molar-refractivity contribution in [3.63, 3.8) is 0 Å². The molecule has 0 radical (unpaired) electrons. The van der Waals surface area contributed by atoms with Gasteiger partial charge in [0.1, 0.15) is 6.61 Å². The van der Waals surface area contributed by atoms with Gasteiger partial charge in [-0.3, -0.25) is 0 Å². The number of alkyl halides is 1. The summed E-state index contributed by atoms with van der Waals surface area (Å²) < 4.78 is 5.08. The van der Waals surface area contributed by atoms with Crippen LogP contribution in [0.5, 0.6) is 0 Å². The van der Waals surface area contributed by atoms with Crippen molar-refractivity contribution in [2.45, 2.75) is 12.5 Å². The number of amides is 1. The van der Waals surface area contributed by atoms with E-state index in [1.165, 1.54) is 0 Å². The summed E-state index contributed by atoms with van der Waals surface area (Å²) in [4.78, 5) is 11.5. The second-order valence-electron chi connectivity index (χ2n) is 4.55. The number of carbonyl (C=O) groups excluding carboxylic acids is 1. The van der Waals surface area contributed by atoms with Crippen LogP contribution in [0.15, 0.2) is 54.6 Å². The fourth-order valence-electron chi connectivity index (χ4n) is 1.71. The van der Waals surface area contributed by atoms with Gasteiger partial charge < -0.3 is 10.1 Å². The third-order valence-electron chi connectivity index (χ3n) is 2.87. The molecule has 1 amide bonds. The van der Waals surface area contributed by atoms with Crippen molar-refractivity contribution in [3.8, 4) is 11.8 Å². The fraction of sp³-hybridized carbons (Fsp3) is 0.167. The molecule has 0 aromatic heterocycles. The average Bonchev–Trinajstić information content (AvgIpc) is 2.58. The molecule has 112 valence electrons. The van der Waals surface area contributed by atoms with Crippen LogP contribution in [0.4, 0.5) is 4.79 Å². The van der Waals surface area contributed by atoms with Crippen LogP contribution < -0.4 is 5.32 Å². The van der Waals surface area contributed by atoms with Crippen LogP contribution in [0, 0.1) is 11.8 Å². The first-order valence-corrected chi connectivity index (χ1v) is 7.39. The number of nitrogens with one attached hydrogen (secondary N) is 1. The van der Waals surface area contributed by atoms with Crippen LogP contribution in [-0.2, 0) is 17.2 Å². The molecule has 0 aliphatic heterocycles. The maximum absolute atomic E-state index is 11.5. The van der Waals surface area contributed by atoms with E-state index < -0.39 is 6.09 Å². The van der Waals surface area contributed by atoms with Gasteiger partial charge in [0.2, 0.25) is 0 Å². The Morgan fingerprint density at radius 2 is 1.77 bits per heavy atom. The zero-order chi connectivity index (χ0) is 15.6. The summed E-state index contributed by atoms with van der Waals surface area (Å²) in [6.45, 7) is 0.491. The first-order valence-electron chi connectivity index (χ1n) is 6.86. The molecule has 1 N–H and O–H groups in total. The van der Waals surface area contributed by atoms with Crippen LogP contribution >= 0.6 is 11.6 Å². The smallest absolute Gasteiger partial charge is 0.408 e. The molecule has 2 aromatic rings. The normalized spacial score (nSPS) is 9.50. The van der Waals surface area contributed by atoms with Crippen LogP contribution in [-0.4, -0.2) is 12.6 Å². The Hall–Kier alpha value is -2.44. The summed E-state index contributed by atoms with van der Waals surface area (Å²) >= 11 is 5.72. The number of hydrogen-bond donors (Lipinski definition) is 1. The molecule has 0 aliphatic carbocycles. The maximum atomic E-state index is 11.5. The van der Waals surface area contributed by atoms with Gasteiger partial charge in [0, 0.05) is 11.4 Å². The summed E-state index contributed by atoms with van der Waals surface area (Å²) in [6, 6.07) is 17.2. The van der Waals surface area contributed by atoms with E-state index in [4.69, 9.17) is 16.3 Å². The highest BCUT2D eigenvalue weighted by molar-refractivity contribution is 6.17. The van der Waals surface area contributed by atoms with E-state index in [1.54, 1.807) is 0 Å². The van der Waals surface area contributed by atoms with E-state index in [2.05, 4.69) is 17.2 Å². The minimum Gasteiger partial charge on any atom is -0.445 e. The highest BCUT2D eigenvalue weighted by atomic mass is 35.5. The third kappa shape index (κ3) is 5.51. The number of alkyl carbamates (subject to hydrolysis) is 1.